The molecule has 1 aromatic carbocycles. The van der Waals surface area contributed by atoms with Crippen LogP contribution in [0.4, 0.5) is 5.69 Å². The van der Waals surface area contributed by atoms with Crippen LogP contribution in [0, 0.1) is 11.8 Å². The number of ether oxygens (including phenoxy) is 2. The molecular weight excluding hydrogens is 352 g/mol. The highest BCUT2D eigenvalue weighted by Gasteiger charge is 2.38. The SMILES string of the molecule is COc1cc(C(=O)N2C[C@H]3CCC[C@H]3C2)cc(NC(=O)CSC)c1OC. The largest absolute Gasteiger partial charge is 0.493 e. The van der Waals surface area contributed by atoms with Gasteiger partial charge in [-0.2, -0.15) is 11.8 Å². The van der Waals surface area contributed by atoms with E-state index in [-0.39, 0.29) is 11.8 Å². The highest BCUT2D eigenvalue weighted by Crippen LogP contribution is 2.40. The Morgan fingerprint density at radius 1 is 1.19 bits per heavy atom. The van der Waals surface area contributed by atoms with Crippen molar-refractivity contribution in [3.8, 4) is 11.5 Å². The number of likely N-dealkylation sites (tertiary alicyclic amines) is 1. The van der Waals surface area contributed by atoms with Crippen molar-refractivity contribution in [2.45, 2.75) is 19.3 Å². The quantitative estimate of drug-likeness (QED) is 0.824. The van der Waals surface area contributed by atoms with Gasteiger partial charge in [0, 0.05) is 18.7 Å². The molecule has 1 N–H and O–H groups in total. The number of carbonyl (C=O) groups excluding carboxylic acids is 2. The van der Waals surface area contributed by atoms with Crippen molar-refractivity contribution in [2.75, 3.05) is 44.6 Å². The molecular formula is C19H26N2O4S. The van der Waals surface area contributed by atoms with Crippen LogP contribution >= 0.6 is 11.8 Å². The number of benzene rings is 1. The Balaban J connectivity index is 1.86. The molecule has 1 saturated heterocycles. The number of nitrogens with zero attached hydrogens (tertiary/aromatic N) is 1. The highest BCUT2D eigenvalue weighted by molar-refractivity contribution is 7.99. The lowest BCUT2D eigenvalue weighted by Gasteiger charge is -2.20. The van der Waals surface area contributed by atoms with Crippen LogP contribution in [0.15, 0.2) is 12.1 Å². The van der Waals surface area contributed by atoms with Crippen LogP contribution in [-0.4, -0.2) is 56.0 Å². The third kappa shape index (κ3) is 3.77. The predicted octanol–water partition coefficient (Wildman–Crippen LogP) is 2.88. The second-order valence-electron chi connectivity index (χ2n) is 6.90. The smallest absolute Gasteiger partial charge is 0.254 e. The van der Waals surface area contributed by atoms with Crippen molar-refractivity contribution in [2.24, 2.45) is 11.8 Å². The summed E-state index contributed by atoms with van der Waals surface area (Å²) in [7, 11) is 3.05. The molecule has 2 aliphatic rings. The van der Waals surface area contributed by atoms with Crippen molar-refractivity contribution in [1.29, 1.82) is 0 Å². The molecule has 142 valence electrons. The van der Waals surface area contributed by atoms with Gasteiger partial charge in [0.15, 0.2) is 11.5 Å². The summed E-state index contributed by atoms with van der Waals surface area (Å²) in [6, 6.07) is 3.38. The van der Waals surface area contributed by atoms with E-state index in [2.05, 4.69) is 5.32 Å². The lowest BCUT2D eigenvalue weighted by Crippen LogP contribution is -2.29. The van der Waals surface area contributed by atoms with Crippen LogP contribution in [0.5, 0.6) is 11.5 Å². The van der Waals surface area contributed by atoms with Gasteiger partial charge >= 0.3 is 0 Å². The van der Waals surface area contributed by atoms with Gasteiger partial charge in [-0.1, -0.05) is 6.42 Å². The standard InChI is InChI=1S/C19H26N2O4S/c1-24-16-8-14(7-15(18(16)25-2)20-17(22)11-26-3)19(23)21-9-12-5-4-6-13(12)10-21/h7-8,12-13H,4-6,9-11H2,1-3H3,(H,20,22)/t12-,13+. The van der Waals surface area contributed by atoms with Crippen LogP contribution in [0.2, 0.25) is 0 Å². The Hall–Kier alpha value is -1.89. The number of fused-ring (bicyclic) bond motifs is 1. The van der Waals surface area contributed by atoms with Crippen LogP contribution in [-0.2, 0) is 4.79 Å². The Morgan fingerprint density at radius 2 is 1.88 bits per heavy atom. The van der Waals surface area contributed by atoms with Gasteiger partial charge in [0.05, 0.1) is 25.7 Å². The van der Waals surface area contributed by atoms with Gasteiger partial charge in [-0.25, -0.2) is 0 Å². The molecule has 0 unspecified atom stereocenters. The molecule has 1 heterocycles. The van der Waals surface area contributed by atoms with Crippen molar-refractivity contribution in [1.82, 2.24) is 4.90 Å². The second-order valence-corrected chi connectivity index (χ2v) is 7.77. The molecule has 1 aliphatic carbocycles. The minimum absolute atomic E-state index is 0.0132. The fraction of sp³-hybridized carbons (Fsp3) is 0.579. The van der Waals surface area contributed by atoms with E-state index in [1.165, 1.54) is 45.2 Å². The minimum atomic E-state index is -0.141. The summed E-state index contributed by atoms with van der Waals surface area (Å²) in [6.45, 7) is 1.65. The number of anilines is 1. The fourth-order valence-corrected chi connectivity index (χ4v) is 4.42. The molecule has 0 aromatic heterocycles. The number of methoxy groups -OCH3 is 2. The molecule has 0 radical (unpaired) electrons. The summed E-state index contributed by atoms with van der Waals surface area (Å²) in [6.07, 6.45) is 5.58. The monoisotopic (exact) mass is 378 g/mol. The Morgan fingerprint density at radius 3 is 2.46 bits per heavy atom. The van der Waals surface area contributed by atoms with E-state index in [1.54, 1.807) is 12.1 Å². The Kier molecular flexibility index (Phi) is 5.96. The molecule has 2 fully saturated rings. The van der Waals surface area contributed by atoms with E-state index >= 15 is 0 Å². The Bertz CT molecular complexity index is 682. The van der Waals surface area contributed by atoms with Gasteiger partial charge in [-0.3, -0.25) is 9.59 Å². The van der Waals surface area contributed by atoms with Crippen LogP contribution in [0.3, 0.4) is 0 Å². The second kappa shape index (κ2) is 8.20. The first kappa shape index (κ1) is 18.9. The van der Waals surface area contributed by atoms with E-state index in [9.17, 15) is 9.59 Å². The third-order valence-corrected chi connectivity index (χ3v) is 5.84. The Labute approximate surface area is 158 Å². The average Bonchev–Trinajstić information content (AvgIpc) is 3.22. The van der Waals surface area contributed by atoms with E-state index < -0.39 is 0 Å². The molecule has 1 aliphatic heterocycles. The summed E-state index contributed by atoms with van der Waals surface area (Å²) >= 11 is 1.43. The van der Waals surface area contributed by atoms with Crippen LogP contribution < -0.4 is 14.8 Å². The molecule has 7 heteroatoms. The molecule has 2 amide bonds. The molecule has 26 heavy (non-hydrogen) atoms. The summed E-state index contributed by atoms with van der Waals surface area (Å²) in [5.74, 6) is 2.33. The zero-order valence-electron chi connectivity index (χ0n) is 15.5. The number of thioether (sulfide) groups is 1. The highest BCUT2D eigenvalue weighted by atomic mass is 32.2. The van der Waals surface area contributed by atoms with Crippen LogP contribution in [0.1, 0.15) is 29.6 Å². The van der Waals surface area contributed by atoms with Crippen molar-refractivity contribution in [3.63, 3.8) is 0 Å². The summed E-state index contributed by atoms with van der Waals surface area (Å²) < 4.78 is 10.8. The number of hydrogen-bond acceptors (Lipinski definition) is 5. The maximum Gasteiger partial charge on any atom is 0.254 e. The summed E-state index contributed by atoms with van der Waals surface area (Å²) in [4.78, 5) is 27.0. The van der Waals surface area contributed by atoms with Crippen molar-refractivity contribution >= 4 is 29.3 Å². The fourth-order valence-electron chi connectivity index (χ4n) is 4.08. The van der Waals surface area contributed by atoms with Gasteiger partial charge in [-0.05, 0) is 43.1 Å². The van der Waals surface area contributed by atoms with Gasteiger partial charge in [0.25, 0.3) is 5.91 Å². The molecule has 0 bridgehead atoms. The number of rotatable bonds is 6. The molecule has 0 spiro atoms. The van der Waals surface area contributed by atoms with E-state index in [4.69, 9.17) is 9.47 Å². The third-order valence-electron chi connectivity index (χ3n) is 5.29. The van der Waals surface area contributed by atoms with Gasteiger partial charge in [0.1, 0.15) is 0 Å². The summed E-state index contributed by atoms with van der Waals surface area (Å²) in [5, 5.41) is 2.83. The normalized spacial score (nSPS) is 21.4. The summed E-state index contributed by atoms with van der Waals surface area (Å²) in [5.41, 5.74) is 0.982. The number of hydrogen-bond donors (Lipinski definition) is 1. The van der Waals surface area contributed by atoms with Crippen LogP contribution in [0.25, 0.3) is 0 Å². The van der Waals surface area contributed by atoms with E-state index in [0.29, 0.717) is 40.3 Å². The predicted molar refractivity (Wildman–Crippen MR) is 103 cm³/mol. The topological polar surface area (TPSA) is 67.9 Å². The lowest BCUT2D eigenvalue weighted by molar-refractivity contribution is -0.113. The number of carbonyl (C=O) groups is 2. The van der Waals surface area contributed by atoms with E-state index in [0.717, 1.165) is 13.1 Å². The molecule has 3 rings (SSSR count). The molecule has 1 saturated carbocycles. The lowest BCUT2D eigenvalue weighted by atomic mass is 10.0. The molecule has 6 nitrogen and oxygen atoms in total. The zero-order valence-corrected chi connectivity index (χ0v) is 16.4. The molecule has 1 aromatic rings. The maximum atomic E-state index is 13.0. The first-order valence-corrected chi connectivity index (χ1v) is 10.3. The molecule has 2 atom stereocenters. The van der Waals surface area contributed by atoms with Crippen molar-refractivity contribution < 1.29 is 19.1 Å². The maximum absolute atomic E-state index is 13.0. The van der Waals surface area contributed by atoms with Gasteiger partial charge in [0.2, 0.25) is 5.91 Å². The van der Waals surface area contributed by atoms with Gasteiger partial charge in [-0.15, -0.1) is 0 Å². The first-order chi connectivity index (χ1) is 12.6. The minimum Gasteiger partial charge on any atom is -0.493 e. The number of nitrogens with one attached hydrogen (secondary N) is 1. The van der Waals surface area contributed by atoms with E-state index in [1.807, 2.05) is 11.2 Å². The van der Waals surface area contributed by atoms with Gasteiger partial charge < -0.3 is 19.7 Å². The first-order valence-electron chi connectivity index (χ1n) is 8.91. The zero-order chi connectivity index (χ0) is 18.7. The van der Waals surface area contributed by atoms with Crippen molar-refractivity contribution in [3.05, 3.63) is 17.7 Å². The average molecular weight is 378 g/mol. The number of amides is 2.